The summed E-state index contributed by atoms with van der Waals surface area (Å²) >= 11 is 0. The summed E-state index contributed by atoms with van der Waals surface area (Å²) in [5, 5.41) is 22.7. The number of hydrogen-bond acceptors (Lipinski definition) is 3. The lowest BCUT2D eigenvalue weighted by Crippen LogP contribution is -2.08. The van der Waals surface area contributed by atoms with Gasteiger partial charge in [0.1, 0.15) is 17.2 Å². The Morgan fingerprint density at radius 1 is 0.463 bits per heavy atom. The molecule has 0 spiro atoms. The molecule has 0 saturated heterocycles. The highest BCUT2D eigenvalue weighted by Gasteiger charge is 2.32. The first-order chi connectivity index (χ1) is 33.2. The highest BCUT2D eigenvalue weighted by atomic mass is 16.3. The van der Waals surface area contributed by atoms with Gasteiger partial charge in [0, 0.05) is 61.2 Å². The molecule has 0 radical (unpaired) electrons. The van der Waals surface area contributed by atoms with Crippen LogP contribution in [0.3, 0.4) is 0 Å². The maximum atomic E-state index is 11.9. The number of rotatable bonds is 5. The van der Waals surface area contributed by atoms with Crippen molar-refractivity contribution in [1.29, 1.82) is 5.26 Å². The zero-order valence-corrected chi connectivity index (χ0v) is 35.7. The molecule has 0 aliphatic rings. The number of aromatic nitrogens is 3. The van der Waals surface area contributed by atoms with Crippen molar-refractivity contribution in [1.82, 2.24) is 14.1 Å². The van der Waals surface area contributed by atoms with E-state index in [1.807, 2.05) is 79.1 Å². The summed E-state index contributed by atoms with van der Waals surface area (Å²) in [7, 11) is 0. The van der Waals surface area contributed by atoms with E-state index in [0.29, 0.717) is 28.2 Å². The number of fused-ring (bicyclic) bond motifs is 9. The summed E-state index contributed by atoms with van der Waals surface area (Å²) in [6.45, 7) is 9.25. The fourth-order valence-electron chi connectivity index (χ4n) is 11.2. The van der Waals surface area contributed by atoms with E-state index < -0.39 is 0 Å². The molecule has 4 aromatic heterocycles. The van der Waals surface area contributed by atoms with Crippen LogP contribution in [0.4, 0.5) is 5.69 Å². The number of hydrogen-bond donors (Lipinski definition) is 0. The first-order valence-corrected chi connectivity index (χ1v) is 22.3. The smallest absolute Gasteiger partial charge is 0.220 e. The van der Waals surface area contributed by atoms with E-state index >= 15 is 0 Å². The Kier molecular flexibility index (Phi) is 7.72. The van der Waals surface area contributed by atoms with Gasteiger partial charge in [-0.2, -0.15) is 5.26 Å². The van der Waals surface area contributed by atoms with Crippen LogP contribution in [0.25, 0.3) is 137 Å². The highest BCUT2D eigenvalue weighted by Crippen LogP contribution is 2.53. The molecule has 14 aromatic rings. The largest absolute Gasteiger partial charge is 0.456 e. The molecule has 0 amide bonds. The van der Waals surface area contributed by atoms with Gasteiger partial charge in [-0.1, -0.05) is 146 Å². The van der Waals surface area contributed by atoms with Crippen LogP contribution in [0.15, 0.2) is 205 Å². The fourth-order valence-corrected chi connectivity index (χ4v) is 11.2. The number of para-hydroxylation sites is 2. The Hall–Kier alpha value is -9.49. The summed E-state index contributed by atoms with van der Waals surface area (Å²) in [5.41, 5.74) is 12.8. The van der Waals surface area contributed by atoms with Crippen molar-refractivity contribution < 1.29 is 4.42 Å². The molecule has 0 saturated carbocycles. The van der Waals surface area contributed by atoms with Gasteiger partial charge >= 0.3 is 0 Å². The van der Waals surface area contributed by atoms with E-state index in [1.54, 1.807) is 0 Å². The Labute approximate surface area is 383 Å². The Balaban J connectivity index is 1.21. The van der Waals surface area contributed by atoms with E-state index in [1.165, 1.54) is 0 Å². The third kappa shape index (κ3) is 5.04. The second kappa shape index (κ2) is 14.0. The molecule has 0 aliphatic carbocycles. The lowest BCUT2D eigenvalue weighted by atomic mass is 9.88. The van der Waals surface area contributed by atoms with Gasteiger partial charge in [-0.25, -0.2) is 4.85 Å². The minimum absolute atomic E-state index is 0.401. The zero-order chi connectivity index (χ0) is 44.3. The molecule has 0 N–H and O–H groups in total. The quantitative estimate of drug-likeness (QED) is 0.128. The lowest BCUT2D eigenvalue weighted by Gasteiger charge is -2.25. The number of benzene rings is 10. The number of nitrogens with zero attached hydrogens (tertiary/aromatic N) is 5. The van der Waals surface area contributed by atoms with Gasteiger partial charge in [-0.15, -0.1) is 0 Å². The standard InChI is InChI=1S/C61H33N5O/c1-63-59-54(36-15-4-2-5-16-36)46(34-62)60(65-48-24-10-8-19-41(48)42-30-29-38(33-51(42)65)39-21-14-28-53-56(39)45-20-9-11-27-52(45)67-53)55(37-17-6-3-7-18-37)61(59)66-49-25-12-22-43-40-31-32-64-35-47(40)44-23-13-26-50(66)58(44)57(43)49/h2-33,35H. The van der Waals surface area contributed by atoms with Crippen LogP contribution in [0, 0.1) is 17.9 Å². The molecule has 308 valence electrons. The SMILES string of the molecule is [C-]#[N+]c1c(-c2ccccc2)c(C#N)c(-n2c3ccccc3c3ccc(-c4cccc5oc6ccccc6c45)cc32)c(-c2ccccc2)c1-n1c2cccc3c4ccncc4c4cccc1c4c32. The molecule has 14 rings (SSSR count). The summed E-state index contributed by atoms with van der Waals surface area (Å²) in [4.78, 5) is 9.10. The second-order valence-corrected chi connectivity index (χ2v) is 17.1. The van der Waals surface area contributed by atoms with E-state index in [2.05, 4.69) is 146 Å². The van der Waals surface area contributed by atoms with Crippen LogP contribution < -0.4 is 0 Å². The Morgan fingerprint density at radius 3 is 1.81 bits per heavy atom. The van der Waals surface area contributed by atoms with Crippen LogP contribution in [0.2, 0.25) is 0 Å². The van der Waals surface area contributed by atoms with Gasteiger partial charge < -0.3 is 13.6 Å². The minimum atomic E-state index is 0.401. The summed E-state index contributed by atoms with van der Waals surface area (Å²) in [5.74, 6) is 0. The highest BCUT2D eigenvalue weighted by molar-refractivity contribution is 6.34. The van der Waals surface area contributed by atoms with Crippen molar-refractivity contribution in [2.75, 3.05) is 0 Å². The molecule has 0 fully saturated rings. The van der Waals surface area contributed by atoms with E-state index in [0.717, 1.165) is 115 Å². The summed E-state index contributed by atoms with van der Waals surface area (Å²) < 4.78 is 11.0. The van der Waals surface area contributed by atoms with Crippen molar-refractivity contribution in [3.63, 3.8) is 0 Å². The van der Waals surface area contributed by atoms with Crippen molar-refractivity contribution in [3.8, 4) is 50.8 Å². The molecule has 67 heavy (non-hydrogen) atoms. The predicted octanol–water partition coefficient (Wildman–Crippen LogP) is 16.3. The van der Waals surface area contributed by atoms with Crippen LogP contribution >= 0.6 is 0 Å². The van der Waals surface area contributed by atoms with Gasteiger partial charge in [-0.05, 0) is 80.9 Å². The molecular formula is C61H33N5O. The number of pyridine rings is 1. The third-order valence-electron chi connectivity index (χ3n) is 13.8. The van der Waals surface area contributed by atoms with Gasteiger partial charge in [0.15, 0.2) is 0 Å². The first kappa shape index (κ1) is 36.9. The number of nitriles is 1. The van der Waals surface area contributed by atoms with Crippen LogP contribution in [-0.2, 0) is 0 Å². The maximum absolute atomic E-state index is 11.9. The Morgan fingerprint density at radius 2 is 1.06 bits per heavy atom. The second-order valence-electron chi connectivity index (χ2n) is 17.1. The maximum Gasteiger partial charge on any atom is 0.220 e. The zero-order valence-electron chi connectivity index (χ0n) is 35.7. The monoisotopic (exact) mass is 851 g/mol. The van der Waals surface area contributed by atoms with E-state index in [9.17, 15) is 11.8 Å². The van der Waals surface area contributed by atoms with Crippen molar-refractivity contribution >= 4 is 92.8 Å². The fraction of sp³-hybridized carbons (Fsp3) is 0. The van der Waals surface area contributed by atoms with Crippen LogP contribution in [0.5, 0.6) is 0 Å². The molecule has 0 unspecified atom stereocenters. The van der Waals surface area contributed by atoms with Crippen molar-refractivity contribution in [2.24, 2.45) is 0 Å². The molecule has 6 nitrogen and oxygen atoms in total. The molecule has 0 aliphatic heterocycles. The van der Waals surface area contributed by atoms with Gasteiger partial charge in [0.05, 0.1) is 45.6 Å². The first-order valence-electron chi connectivity index (χ1n) is 22.3. The molecule has 0 atom stereocenters. The van der Waals surface area contributed by atoms with Gasteiger partial charge in [0.25, 0.3) is 0 Å². The molecular weight excluding hydrogens is 819 g/mol. The van der Waals surface area contributed by atoms with Crippen LogP contribution in [-0.4, -0.2) is 14.1 Å². The van der Waals surface area contributed by atoms with E-state index in [-0.39, 0.29) is 0 Å². The lowest BCUT2D eigenvalue weighted by molar-refractivity contribution is 0.669. The average molecular weight is 852 g/mol. The van der Waals surface area contributed by atoms with Crippen LogP contribution in [0.1, 0.15) is 5.56 Å². The van der Waals surface area contributed by atoms with Crippen molar-refractivity contribution in [3.05, 3.63) is 217 Å². The average Bonchev–Trinajstić information content (AvgIpc) is 4.06. The minimum Gasteiger partial charge on any atom is -0.456 e. The summed E-state index contributed by atoms with van der Waals surface area (Å²) in [6, 6.07) is 67.6. The normalized spacial score (nSPS) is 11.9. The predicted molar refractivity (Wildman–Crippen MR) is 274 cm³/mol. The van der Waals surface area contributed by atoms with E-state index in [4.69, 9.17) is 4.42 Å². The topological polar surface area (TPSA) is 64.0 Å². The Bertz CT molecular complexity index is 4380. The molecule has 6 heteroatoms. The molecule has 0 bridgehead atoms. The number of furan rings is 1. The van der Waals surface area contributed by atoms with Gasteiger partial charge in [-0.3, -0.25) is 4.98 Å². The molecule has 4 heterocycles. The summed E-state index contributed by atoms with van der Waals surface area (Å²) in [6.07, 6.45) is 3.82. The van der Waals surface area contributed by atoms with Gasteiger partial charge in [0.2, 0.25) is 5.69 Å². The third-order valence-corrected chi connectivity index (χ3v) is 13.8. The van der Waals surface area contributed by atoms with Crippen molar-refractivity contribution in [2.45, 2.75) is 0 Å². The molecule has 10 aromatic carbocycles.